The Bertz CT molecular complexity index is 593. The Morgan fingerprint density at radius 1 is 1.18 bits per heavy atom. The molecule has 0 atom stereocenters. The quantitative estimate of drug-likeness (QED) is 0.207. The number of piperidine rings is 1. The highest BCUT2D eigenvalue weighted by Gasteiger charge is 2.16. The minimum atomic E-state index is -0.108. The van der Waals surface area contributed by atoms with Crippen LogP contribution in [0.3, 0.4) is 0 Å². The molecule has 28 heavy (non-hydrogen) atoms. The summed E-state index contributed by atoms with van der Waals surface area (Å²) in [6.45, 7) is 7.36. The van der Waals surface area contributed by atoms with Crippen LogP contribution in [0.4, 0.5) is 0 Å². The minimum Gasteiger partial charge on any atom is -0.493 e. The van der Waals surface area contributed by atoms with E-state index in [2.05, 4.69) is 27.4 Å². The molecule has 8 heteroatoms. The second kappa shape index (κ2) is 13.8. The first-order valence-corrected chi connectivity index (χ1v) is 9.79. The molecule has 1 aromatic rings. The van der Waals surface area contributed by atoms with Crippen molar-refractivity contribution in [1.29, 1.82) is 0 Å². The van der Waals surface area contributed by atoms with Gasteiger partial charge in [0, 0.05) is 26.2 Å². The molecule has 0 aromatic heterocycles. The van der Waals surface area contributed by atoms with E-state index in [1.54, 1.807) is 14.2 Å². The van der Waals surface area contributed by atoms with Gasteiger partial charge in [0.15, 0.2) is 17.5 Å². The highest BCUT2D eigenvalue weighted by Crippen LogP contribution is 2.27. The summed E-state index contributed by atoms with van der Waals surface area (Å²) < 4.78 is 10.6. The van der Waals surface area contributed by atoms with Gasteiger partial charge < -0.3 is 30.1 Å². The van der Waals surface area contributed by atoms with Gasteiger partial charge in [-0.15, -0.1) is 24.0 Å². The standard InChI is InChI=1S/C20H34N4O3.HI/c1-4-21-20(22-10-5-11-24-12-8-17(25)9-13-24)23-15-16-6-7-18(26-2)19(14-16)27-3;/h6-7,14,17,25H,4-5,8-13,15H2,1-3H3,(H2,21,22,23);1H. The number of nitrogens with zero attached hydrogens (tertiary/aromatic N) is 2. The van der Waals surface area contributed by atoms with Gasteiger partial charge in [0.25, 0.3) is 0 Å². The molecule has 0 bridgehead atoms. The maximum Gasteiger partial charge on any atom is 0.191 e. The summed E-state index contributed by atoms with van der Waals surface area (Å²) >= 11 is 0. The van der Waals surface area contributed by atoms with Crippen molar-refractivity contribution in [3.05, 3.63) is 23.8 Å². The van der Waals surface area contributed by atoms with Gasteiger partial charge in [-0.3, -0.25) is 0 Å². The van der Waals surface area contributed by atoms with E-state index >= 15 is 0 Å². The molecule has 0 radical (unpaired) electrons. The number of guanidine groups is 1. The third-order valence-corrected chi connectivity index (χ3v) is 4.71. The monoisotopic (exact) mass is 506 g/mol. The van der Waals surface area contributed by atoms with E-state index < -0.39 is 0 Å². The number of halogens is 1. The van der Waals surface area contributed by atoms with E-state index in [0.29, 0.717) is 6.54 Å². The number of rotatable bonds is 9. The molecule has 0 saturated carbocycles. The molecule has 1 heterocycles. The summed E-state index contributed by atoms with van der Waals surface area (Å²) in [6, 6.07) is 5.86. The number of aliphatic hydroxyl groups is 1. The number of hydrogen-bond donors (Lipinski definition) is 3. The van der Waals surface area contributed by atoms with Gasteiger partial charge in [-0.2, -0.15) is 0 Å². The molecule has 3 N–H and O–H groups in total. The molecule has 0 spiro atoms. The lowest BCUT2D eigenvalue weighted by Crippen LogP contribution is -2.40. The second-order valence-corrected chi connectivity index (χ2v) is 6.74. The average Bonchev–Trinajstić information content (AvgIpc) is 2.70. The highest BCUT2D eigenvalue weighted by atomic mass is 127. The lowest BCUT2D eigenvalue weighted by Gasteiger charge is -2.29. The van der Waals surface area contributed by atoms with Crippen molar-refractivity contribution < 1.29 is 14.6 Å². The molecule has 0 unspecified atom stereocenters. The maximum atomic E-state index is 9.57. The molecule has 160 valence electrons. The summed E-state index contributed by atoms with van der Waals surface area (Å²) in [5, 5.41) is 16.2. The van der Waals surface area contributed by atoms with Crippen molar-refractivity contribution in [1.82, 2.24) is 15.5 Å². The van der Waals surface area contributed by atoms with Gasteiger partial charge >= 0.3 is 0 Å². The number of aliphatic hydroxyl groups excluding tert-OH is 1. The zero-order valence-electron chi connectivity index (χ0n) is 17.2. The largest absolute Gasteiger partial charge is 0.493 e. The summed E-state index contributed by atoms with van der Waals surface area (Å²) in [6.07, 6.45) is 2.73. The lowest BCUT2D eigenvalue weighted by atomic mass is 10.1. The van der Waals surface area contributed by atoms with Crippen molar-refractivity contribution in [2.24, 2.45) is 4.99 Å². The van der Waals surface area contributed by atoms with Crippen LogP contribution in [0.2, 0.25) is 0 Å². The van der Waals surface area contributed by atoms with Gasteiger partial charge in [-0.1, -0.05) is 6.07 Å². The Morgan fingerprint density at radius 3 is 2.54 bits per heavy atom. The molecular formula is C20H35IN4O3. The Balaban J connectivity index is 0.00000392. The third-order valence-electron chi connectivity index (χ3n) is 4.71. The number of hydrogen-bond acceptors (Lipinski definition) is 5. The normalized spacial score (nSPS) is 15.6. The topological polar surface area (TPSA) is 78.4 Å². The molecule has 2 rings (SSSR count). The molecule has 1 aromatic carbocycles. The van der Waals surface area contributed by atoms with Gasteiger partial charge in [0.05, 0.1) is 26.9 Å². The fraction of sp³-hybridized carbons (Fsp3) is 0.650. The number of likely N-dealkylation sites (tertiary alicyclic amines) is 1. The molecule has 1 aliphatic heterocycles. The maximum absolute atomic E-state index is 9.57. The van der Waals surface area contributed by atoms with Crippen molar-refractivity contribution in [2.75, 3.05) is 46.9 Å². The number of ether oxygens (including phenoxy) is 2. The van der Waals surface area contributed by atoms with Crippen LogP contribution in [0.1, 0.15) is 31.7 Å². The molecular weight excluding hydrogens is 471 g/mol. The van der Waals surface area contributed by atoms with Crippen LogP contribution in [0.15, 0.2) is 23.2 Å². The summed E-state index contributed by atoms with van der Waals surface area (Å²) in [4.78, 5) is 7.08. The summed E-state index contributed by atoms with van der Waals surface area (Å²) in [5.74, 6) is 2.26. The van der Waals surface area contributed by atoms with Gasteiger partial charge in [-0.05, 0) is 50.4 Å². The smallest absolute Gasteiger partial charge is 0.191 e. The van der Waals surface area contributed by atoms with Crippen LogP contribution in [0.5, 0.6) is 11.5 Å². The first-order valence-electron chi connectivity index (χ1n) is 9.79. The van der Waals surface area contributed by atoms with E-state index in [-0.39, 0.29) is 30.1 Å². The van der Waals surface area contributed by atoms with E-state index in [4.69, 9.17) is 9.47 Å². The Kier molecular flexibility index (Phi) is 12.2. The Hall–Kier alpha value is -1.26. The van der Waals surface area contributed by atoms with Crippen LogP contribution < -0.4 is 20.1 Å². The van der Waals surface area contributed by atoms with E-state index in [9.17, 15) is 5.11 Å². The van der Waals surface area contributed by atoms with Crippen molar-refractivity contribution in [3.63, 3.8) is 0 Å². The zero-order valence-corrected chi connectivity index (χ0v) is 19.6. The van der Waals surface area contributed by atoms with Gasteiger partial charge in [-0.25, -0.2) is 4.99 Å². The van der Waals surface area contributed by atoms with Crippen molar-refractivity contribution >= 4 is 29.9 Å². The van der Waals surface area contributed by atoms with E-state index in [1.807, 2.05) is 18.2 Å². The molecule has 1 saturated heterocycles. The second-order valence-electron chi connectivity index (χ2n) is 6.74. The fourth-order valence-electron chi connectivity index (χ4n) is 3.14. The third kappa shape index (κ3) is 8.40. The Morgan fingerprint density at radius 2 is 1.89 bits per heavy atom. The highest BCUT2D eigenvalue weighted by molar-refractivity contribution is 14.0. The van der Waals surface area contributed by atoms with Crippen molar-refractivity contribution in [3.8, 4) is 11.5 Å². The molecule has 0 aliphatic carbocycles. The fourth-order valence-corrected chi connectivity index (χ4v) is 3.14. The minimum absolute atomic E-state index is 0. The van der Waals surface area contributed by atoms with Gasteiger partial charge in [0.2, 0.25) is 0 Å². The van der Waals surface area contributed by atoms with Crippen LogP contribution in [0.25, 0.3) is 0 Å². The number of nitrogens with one attached hydrogen (secondary N) is 2. The zero-order chi connectivity index (χ0) is 19.5. The summed E-state index contributed by atoms with van der Waals surface area (Å²) in [7, 11) is 3.27. The SMILES string of the molecule is CCNC(=NCc1ccc(OC)c(OC)c1)NCCCN1CCC(O)CC1.I. The predicted molar refractivity (Wildman–Crippen MR) is 124 cm³/mol. The Labute approximate surface area is 185 Å². The van der Waals surface area contributed by atoms with E-state index in [1.165, 1.54) is 0 Å². The molecule has 0 amide bonds. The van der Waals surface area contributed by atoms with Crippen LogP contribution in [0, 0.1) is 0 Å². The van der Waals surface area contributed by atoms with E-state index in [0.717, 1.165) is 75.0 Å². The summed E-state index contributed by atoms with van der Waals surface area (Å²) in [5.41, 5.74) is 1.07. The molecule has 1 fully saturated rings. The average molecular weight is 506 g/mol. The number of benzene rings is 1. The van der Waals surface area contributed by atoms with Crippen LogP contribution >= 0.6 is 24.0 Å². The lowest BCUT2D eigenvalue weighted by molar-refractivity contribution is 0.0823. The van der Waals surface area contributed by atoms with Crippen molar-refractivity contribution in [2.45, 2.75) is 38.8 Å². The first kappa shape index (κ1) is 24.8. The molecule has 1 aliphatic rings. The number of methoxy groups -OCH3 is 2. The number of aliphatic imine (C=N–C) groups is 1. The first-order chi connectivity index (χ1) is 13.2. The molecule has 7 nitrogen and oxygen atoms in total. The predicted octanol–water partition coefficient (Wildman–Crippen LogP) is 2.22. The van der Waals surface area contributed by atoms with Crippen LogP contribution in [-0.2, 0) is 6.54 Å². The van der Waals surface area contributed by atoms with Crippen LogP contribution in [-0.4, -0.2) is 69.0 Å². The van der Waals surface area contributed by atoms with Gasteiger partial charge in [0.1, 0.15) is 0 Å².